The molecule has 0 spiro atoms. The van der Waals surface area contributed by atoms with E-state index in [2.05, 4.69) is 5.32 Å². The molecule has 0 aliphatic rings. The van der Waals surface area contributed by atoms with E-state index in [9.17, 15) is 14.9 Å². The molecule has 0 aliphatic carbocycles. The minimum atomic E-state index is -1.08. The highest BCUT2D eigenvalue weighted by Gasteiger charge is 2.26. The first kappa shape index (κ1) is 19.9. The van der Waals surface area contributed by atoms with Crippen molar-refractivity contribution in [2.75, 3.05) is 12.4 Å². The zero-order valence-corrected chi connectivity index (χ0v) is 16.0. The Morgan fingerprint density at radius 2 is 1.79 bits per heavy atom. The highest BCUT2D eigenvalue weighted by Crippen LogP contribution is 2.32. The number of benzene rings is 3. The molecule has 0 heterocycles. The van der Waals surface area contributed by atoms with Gasteiger partial charge in [0.2, 0.25) is 6.10 Å². The van der Waals surface area contributed by atoms with Crippen molar-refractivity contribution in [3.05, 3.63) is 94.0 Å². The van der Waals surface area contributed by atoms with Crippen LogP contribution < -0.4 is 14.8 Å². The number of nitrogens with zero attached hydrogens (tertiary/aromatic N) is 1. The number of nitro groups is 1. The van der Waals surface area contributed by atoms with Crippen LogP contribution in [0.1, 0.15) is 17.2 Å². The van der Waals surface area contributed by atoms with E-state index in [1.54, 1.807) is 61.5 Å². The van der Waals surface area contributed by atoms with Gasteiger partial charge in [0.05, 0.1) is 12.0 Å². The SMILES string of the molecule is COc1cccc(NC(=O)[C@@H](Oc2ccc(C)cc2[N+](=O)[O-])c2ccccc2)c1. The van der Waals surface area contributed by atoms with Crippen LogP contribution in [-0.2, 0) is 4.79 Å². The molecule has 148 valence electrons. The average Bonchev–Trinajstić information content (AvgIpc) is 2.73. The highest BCUT2D eigenvalue weighted by atomic mass is 16.6. The fraction of sp³-hybridized carbons (Fsp3) is 0.136. The largest absolute Gasteiger partial charge is 0.497 e. The van der Waals surface area contributed by atoms with Gasteiger partial charge in [-0.3, -0.25) is 14.9 Å². The van der Waals surface area contributed by atoms with E-state index < -0.39 is 16.9 Å². The van der Waals surface area contributed by atoms with E-state index in [1.165, 1.54) is 19.2 Å². The Labute approximate surface area is 168 Å². The third-order valence-electron chi connectivity index (χ3n) is 4.23. The molecule has 7 nitrogen and oxygen atoms in total. The summed E-state index contributed by atoms with van der Waals surface area (Å²) in [5.41, 5.74) is 1.63. The fourth-order valence-corrected chi connectivity index (χ4v) is 2.81. The summed E-state index contributed by atoms with van der Waals surface area (Å²) >= 11 is 0. The summed E-state index contributed by atoms with van der Waals surface area (Å²) in [5, 5.41) is 14.2. The maximum atomic E-state index is 13.0. The number of anilines is 1. The Hall–Kier alpha value is -3.87. The van der Waals surface area contributed by atoms with Gasteiger partial charge in [0.25, 0.3) is 5.91 Å². The average molecular weight is 392 g/mol. The highest BCUT2D eigenvalue weighted by molar-refractivity contribution is 5.95. The molecule has 0 bridgehead atoms. The lowest BCUT2D eigenvalue weighted by Gasteiger charge is -2.19. The molecular formula is C22H20N2O5. The number of hydrogen-bond donors (Lipinski definition) is 1. The minimum Gasteiger partial charge on any atom is -0.497 e. The van der Waals surface area contributed by atoms with Crippen LogP contribution >= 0.6 is 0 Å². The molecule has 1 N–H and O–H groups in total. The molecule has 0 aliphatic heterocycles. The zero-order chi connectivity index (χ0) is 20.8. The van der Waals surface area contributed by atoms with Gasteiger partial charge < -0.3 is 14.8 Å². The quantitative estimate of drug-likeness (QED) is 0.466. The lowest BCUT2D eigenvalue weighted by atomic mass is 10.1. The molecule has 7 heteroatoms. The monoisotopic (exact) mass is 392 g/mol. The van der Waals surface area contributed by atoms with E-state index in [1.807, 2.05) is 6.07 Å². The van der Waals surface area contributed by atoms with E-state index in [4.69, 9.17) is 9.47 Å². The molecule has 0 unspecified atom stereocenters. The number of carbonyl (C=O) groups is 1. The number of nitro benzene ring substituents is 1. The van der Waals surface area contributed by atoms with E-state index in [0.717, 1.165) is 5.56 Å². The Bertz CT molecular complexity index is 1020. The molecule has 29 heavy (non-hydrogen) atoms. The van der Waals surface area contributed by atoms with Crippen LogP contribution in [0.3, 0.4) is 0 Å². The lowest BCUT2D eigenvalue weighted by Crippen LogP contribution is -2.26. The van der Waals surface area contributed by atoms with Gasteiger partial charge in [-0.2, -0.15) is 0 Å². The van der Waals surface area contributed by atoms with Gasteiger partial charge in [-0.05, 0) is 30.7 Å². The molecule has 1 amide bonds. The van der Waals surface area contributed by atoms with E-state index in [-0.39, 0.29) is 11.4 Å². The van der Waals surface area contributed by atoms with Gasteiger partial charge >= 0.3 is 5.69 Å². The van der Waals surface area contributed by atoms with Crippen molar-refractivity contribution >= 4 is 17.3 Å². The smallest absolute Gasteiger partial charge is 0.311 e. The zero-order valence-electron chi connectivity index (χ0n) is 16.0. The summed E-state index contributed by atoms with van der Waals surface area (Å²) in [7, 11) is 1.54. The maximum absolute atomic E-state index is 13.0. The van der Waals surface area contributed by atoms with Gasteiger partial charge in [0, 0.05) is 23.4 Å². The molecule has 0 saturated heterocycles. The summed E-state index contributed by atoms with van der Waals surface area (Å²) in [6.07, 6.45) is -1.08. The third kappa shape index (κ3) is 4.90. The number of hydrogen-bond acceptors (Lipinski definition) is 5. The van der Waals surface area contributed by atoms with Crippen molar-refractivity contribution in [1.29, 1.82) is 0 Å². The van der Waals surface area contributed by atoms with Gasteiger partial charge in [0.15, 0.2) is 5.75 Å². The topological polar surface area (TPSA) is 90.7 Å². The molecule has 0 radical (unpaired) electrons. The van der Waals surface area contributed by atoms with Crippen LogP contribution in [0.5, 0.6) is 11.5 Å². The van der Waals surface area contributed by atoms with E-state index >= 15 is 0 Å². The number of methoxy groups -OCH3 is 1. The van der Waals surface area contributed by atoms with E-state index in [0.29, 0.717) is 17.0 Å². The molecule has 0 fully saturated rings. The van der Waals surface area contributed by atoms with Crippen LogP contribution in [0.15, 0.2) is 72.8 Å². The number of rotatable bonds is 7. The second kappa shape index (κ2) is 8.88. The van der Waals surface area contributed by atoms with Crippen molar-refractivity contribution in [3.63, 3.8) is 0 Å². The first-order chi connectivity index (χ1) is 14.0. The van der Waals surface area contributed by atoms with Crippen molar-refractivity contribution in [2.45, 2.75) is 13.0 Å². The summed E-state index contributed by atoms with van der Waals surface area (Å²) in [6.45, 7) is 1.75. The fourth-order valence-electron chi connectivity index (χ4n) is 2.81. The Morgan fingerprint density at radius 3 is 2.48 bits per heavy atom. The molecule has 0 aromatic heterocycles. The van der Waals surface area contributed by atoms with Gasteiger partial charge in [-0.15, -0.1) is 0 Å². The number of nitrogens with one attached hydrogen (secondary N) is 1. The van der Waals surface area contributed by atoms with Crippen LogP contribution in [0.2, 0.25) is 0 Å². The first-order valence-corrected chi connectivity index (χ1v) is 8.89. The molecule has 3 aromatic carbocycles. The van der Waals surface area contributed by atoms with Crippen LogP contribution in [-0.4, -0.2) is 17.9 Å². The molecular weight excluding hydrogens is 372 g/mol. The van der Waals surface area contributed by atoms with Gasteiger partial charge in [-0.1, -0.05) is 42.5 Å². The summed E-state index contributed by atoms with van der Waals surface area (Å²) in [6, 6.07) is 20.3. The molecule has 0 saturated carbocycles. The third-order valence-corrected chi connectivity index (χ3v) is 4.23. The first-order valence-electron chi connectivity index (χ1n) is 8.89. The summed E-state index contributed by atoms with van der Waals surface area (Å²) in [5.74, 6) is 0.156. The second-order valence-electron chi connectivity index (χ2n) is 6.36. The number of amides is 1. The molecule has 3 rings (SSSR count). The molecule has 3 aromatic rings. The van der Waals surface area contributed by atoms with Crippen molar-refractivity contribution in [2.24, 2.45) is 0 Å². The van der Waals surface area contributed by atoms with Crippen molar-refractivity contribution in [3.8, 4) is 11.5 Å². The summed E-state index contributed by atoms with van der Waals surface area (Å²) in [4.78, 5) is 23.9. The standard InChI is InChI=1S/C22H20N2O5/c1-15-11-12-20(19(13-15)24(26)27)29-21(16-7-4-3-5-8-16)22(25)23-17-9-6-10-18(14-17)28-2/h3-14,21H,1-2H3,(H,23,25)/t21-/m0/s1. The maximum Gasteiger partial charge on any atom is 0.311 e. The van der Waals surface area contributed by atoms with Crippen LogP contribution in [0.4, 0.5) is 11.4 Å². The predicted octanol–water partition coefficient (Wildman–Crippen LogP) is 4.67. The predicted molar refractivity (Wildman–Crippen MR) is 109 cm³/mol. The Balaban J connectivity index is 1.93. The Kier molecular flexibility index (Phi) is 6.09. The Morgan fingerprint density at radius 1 is 1.03 bits per heavy atom. The van der Waals surface area contributed by atoms with Gasteiger partial charge in [-0.25, -0.2) is 0 Å². The lowest BCUT2D eigenvalue weighted by molar-refractivity contribution is -0.386. The second-order valence-corrected chi connectivity index (χ2v) is 6.36. The van der Waals surface area contributed by atoms with Crippen LogP contribution in [0, 0.1) is 17.0 Å². The normalized spacial score (nSPS) is 11.4. The number of carbonyl (C=O) groups excluding carboxylic acids is 1. The summed E-state index contributed by atoms with van der Waals surface area (Å²) < 4.78 is 11.0. The van der Waals surface area contributed by atoms with Gasteiger partial charge in [0.1, 0.15) is 5.75 Å². The van der Waals surface area contributed by atoms with Crippen molar-refractivity contribution in [1.82, 2.24) is 0 Å². The number of ether oxygens (including phenoxy) is 2. The van der Waals surface area contributed by atoms with Crippen molar-refractivity contribution < 1.29 is 19.2 Å². The number of aryl methyl sites for hydroxylation is 1. The van der Waals surface area contributed by atoms with Crippen LogP contribution in [0.25, 0.3) is 0 Å². The minimum absolute atomic E-state index is 0.0234. The molecule has 1 atom stereocenters.